The Kier molecular flexibility index (Phi) is 13.5. The largest absolute Gasteiger partial charge is 0.394 e. The fourth-order valence-corrected chi connectivity index (χ4v) is 2.72. The Morgan fingerprint density at radius 1 is 0.759 bits per heavy atom. The second kappa shape index (κ2) is 14.3. The molecule has 0 atom stereocenters. The summed E-state index contributed by atoms with van der Waals surface area (Å²) in [6.45, 7) is 1.11. The van der Waals surface area contributed by atoms with Crippen LogP contribution in [0.2, 0.25) is 0 Å². The van der Waals surface area contributed by atoms with Crippen LogP contribution in [0.4, 0.5) is 0 Å². The average molecular weight is 648 g/mol. The summed E-state index contributed by atoms with van der Waals surface area (Å²) in [5, 5.41) is 0. The molecule has 0 radical (unpaired) electrons. The summed E-state index contributed by atoms with van der Waals surface area (Å²) in [4.78, 5) is 7.85. The van der Waals surface area contributed by atoms with Gasteiger partial charge < -0.3 is 22.9 Å². The topological polar surface area (TPSA) is 203 Å². The molecule has 0 fully saturated rings. The van der Waals surface area contributed by atoms with Crippen LogP contribution >= 0.6 is 45.2 Å². The molecule has 29 heavy (non-hydrogen) atoms. The maximum absolute atomic E-state index is 8.74. The van der Waals surface area contributed by atoms with Gasteiger partial charge in [-0.05, 0) is 68.4 Å². The summed E-state index contributed by atoms with van der Waals surface area (Å²) in [7, 11) is -4.67. The minimum atomic E-state index is -4.67. The normalized spacial score (nSPS) is 9.79. The lowest BCUT2D eigenvalue weighted by atomic mass is 10.2. The molecule has 0 aliphatic carbocycles. The standard InChI is InChI=1S/2C8H10IN3.H2O4S/c2*9-7-4-2-1-3-6(7)5-12-8(10)11;1-5(2,3)4/h2*1-4H,5H2,(H4,10,11,12);(H2,1,2,3,4). The van der Waals surface area contributed by atoms with Crippen molar-refractivity contribution in [1.82, 2.24) is 0 Å². The van der Waals surface area contributed by atoms with E-state index in [0.717, 1.165) is 11.1 Å². The Morgan fingerprint density at radius 2 is 1.03 bits per heavy atom. The molecular weight excluding hydrogens is 626 g/mol. The predicted molar refractivity (Wildman–Crippen MR) is 132 cm³/mol. The summed E-state index contributed by atoms with van der Waals surface area (Å²) in [5.74, 6) is 0.268. The first-order valence-electron chi connectivity index (χ1n) is 7.67. The highest BCUT2D eigenvalue weighted by Crippen LogP contribution is 2.12. The van der Waals surface area contributed by atoms with E-state index in [4.69, 9.17) is 40.5 Å². The van der Waals surface area contributed by atoms with Crippen molar-refractivity contribution in [2.75, 3.05) is 0 Å². The molecule has 10 N–H and O–H groups in total. The van der Waals surface area contributed by atoms with Crippen LogP contribution in [-0.4, -0.2) is 29.4 Å². The van der Waals surface area contributed by atoms with Crippen molar-refractivity contribution in [3.8, 4) is 0 Å². The molecule has 0 aromatic heterocycles. The van der Waals surface area contributed by atoms with Gasteiger partial charge in [-0.1, -0.05) is 36.4 Å². The molecular formula is C16H22I2N6O4S. The molecule has 2 aromatic rings. The number of halogens is 2. The van der Waals surface area contributed by atoms with E-state index in [1.165, 1.54) is 7.14 Å². The van der Waals surface area contributed by atoms with Crippen LogP contribution in [0.5, 0.6) is 0 Å². The van der Waals surface area contributed by atoms with E-state index in [1.807, 2.05) is 48.5 Å². The first-order chi connectivity index (χ1) is 13.4. The monoisotopic (exact) mass is 648 g/mol. The summed E-state index contributed by atoms with van der Waals surface area (Å²) in [5.41, 5.74) is 23.2. The molecule has 0 saturated carbocycles. The maximum Gasteiger partial charge on any atom is 0.394 e. The third-order valence-corrected chi connectivity index (χ3v) is 4.88. The maximum atomic E-state index is 8.74. The molecule has 0 amide bonds. The van der Waals surface area contributed by atoms with Crippen LogP contribution in [0.3, 0.4) is 0 Å². The molecule has 10 nitrogen and oxygen atoms in total. The van der Waals surface area contributed by atoms with Crippen molar-refractivity contribution < 1.29 is 17.5 Å². The zero-order valence-electron chi connectivity index (χ0n) is 15.1. The van der Waals surface area contributed by atoms with Crippen LogP contribution in [0.1, 0.15) is 11.1 Å². The molecule has 0 heterocycles. The third-order valence-electron chi connectivity index (χ3n) is 2.78. The Labute approximate surface area is 196 Å². The van der Waals surface area contributed by atoms with E-state index in [9.17, 15) is 0 Å². The number of benzene rings is 2. The highest BCUT2D eigenvalue weighted by atomic mass is 127. The summed E-state index contributed by atoms with van der Waals surface area (Å²) in [6.07, 6.45) is 0. The Hall–Kier alpha value is -1.69. The van der Waals surface area contributed by atoms with Gasteiger partial charge in [-0.25, -0.2) is 9.98 Å². The van der Waals surface area contributed by atoms with Crippen molar-refractivity contribution in [2.45, 2.75) is 13.1 Å². The van der Waals surface area contributed by atoms with Gasteiger partial charge in [0.05, 0.1) is 13.1 Å². The number of aliphatic imine (C=N–C) groups is 2. The number of guanidine groups is 2. The average Bonchev–Trinajstić information content (AvgIpc) is 2.59. The van der Waals surface area contributed by atoms with Gasteiger partial charge in [0.15, 0.2) is 11.9 Å². The van der Waals surface area contributed by atoms with E-state index in [1.54, 1.807) is 0 Å². The number of nitrogens with two attached hydrogens (primary N) is 4. The Morgan fingerprint density at radius 3 is 1.28 bits per heavy atom. The van der Waals surface area contributed by atoms with E-state index in [2.05, 4.69) is 55.2 Å². The van der Waals surface area contributed by atoms with Crippen LogP contribution in [0, 0.1) is 7.14 Å². The molecule has 0 aliphatic heterocycles. The van der Waals surface area contributed by atoms with Crippen molar-refractivity contribution in [3.63, 3.8) is 0 Å². The minimum absolute atomic E-state index is 0.134. The number of hydrogen-bond donors (Lipinski definition) is 6. The van der Waals surface area contributed by atoms with E-state index in [-0.39, 0.29) is 11.9 Å². The van der Waals surface area contributed by atoms with Gasteiger partial charge in [0.25, 0.3) is 0 Å². The third kappa shape index (κ3) is 16.9. The zero-order chi connectivity index (χ0) is 22.4. The Bertz CT molecular complexity index is 861. The molecule has 0 saturated heterocycles. The highest BCUT2D eigenvalue weighted by molar-refractivity contribution is 14.1. The van der Waals surface area contributed by atoms with Crippen LogP contribution in [0.15, 0.2) is 58.5 Å². The van der Waals surface area contributed by atoms with Crippen LogP contribution in [-0.2, 0) is 23.5 Å². The highest BCUT2D eigenvalue weighted by Gasteiger charge is 1.96. The fraction of sp³-hybridized carbons (Fsp3) is 0.125. The van der Waals surface area contributed by atoms with Gasteiger partial charge in [0, 0.05) is 7.14 Å². The molecule has 2 rings (SSSR count). The fourth-order valence-electron chi connectivity index (χ4n) is 1.61. The molecule has 0 bridgehead atoms. The quantitative estimate of drug-likeness (QED) is 0.124. The first kappa shape index (κ1) is 27.3. The SMILES string of the molecule is NC(N)=NCc1ccccc1I.NC(N)=NCc1ccccc1I.O=S(=O)(O)O. The smallest absolute Gasteiger partial charge is 0.370 e. The molecule has 160 valence electrons. The second-order valence-electron chi connectivity index (χ2n) is 5.11. The minimum Gasteiger partial charge on any atom is -0.370 e. The number of nitrogens with zero attached hydrogens (tertiary/aromatic N) is 2. The van der Waals surface area contributed by atoms with Crippen molar-refractivity contribution in [1.29, 1.82) is 0 Å². The van der Waals surface area contributed by atoms with Gasteiger partial charge >= 0.3 is 10.4 Å². The molecule has 2 aromatic carbocycles. The van der Waals surface area contributed by atoms with Gasteiger partial charge in [-0.15, -0.1) is 0 Å². The predicted octanol–water partition coefficient (Wildman–Crippen LogP) is 1.48. The van der Waals surface area contributed by atoms with Crippen LogP contribution < -0.4 is 22.9 Å². The summed E-state index contributed by atoms with van der Waals surface area (Å²) in [6, 6.07) is 16.0. The molecule has 0 spiro atoms. The first-order valence-corrected chi connectivity index (χ1v) is 11.2. The van der Waals surface area contributed by atoms with E-state index in [0.29, 0.717) is 13.1 Å². The van der Waals surface area contributed by atoms with E-state index < -0.39 is 10.4 Å². The Balaban J connectivity index is 0.000000442. The van der Waals surface area contributed by atoms with Crippen molar-refractivity contribution in [2.24, 2.45) is 32.9 Å². The van der Waals surface area contributed by atoms with Crippen molar-refractivity contribution >= 4 is 67.5 Å². The second-order valence-corrected chi connectivity index (χ2v) is 8.33. The lowest BCUT2D eigenvalue weighted by Gasteiger charge is -1.99. The van der Waals surface area contributed by atoms with E-state index >= 15 is 0 Å². The van der Waals surface area contributed by atoms with Crippen molar-refractivity contribution in [3.05, 3.63) is 66.8 Å². The number of hydrogen-bond acceptors (Lipinski definition) is 4. The van der Waals surface area contributed by atoms with Crippen LogP contribution in [0.25, 0.3) is 0 Å². The lowest BCUT2D eigenvalue weighted by molar-refractivity contribution is 0.381. The molecule has 13 heteroatoms. The molecule has 0 aliphatic rings. The zero-order valence-corrected chi connectivity index (χ0v) is 20.2. The van der Waals surface area contributed by atoms with Gasteiger partial charge in [0.2, 0.25) is 0 Å². The number of rotatable bonds is 4. The summed E-state index contributed by atoms with van der Waals surface area (Å²) >= 11 is 4.51. The summed E-state index contributed by atoms with van der Waals surface area (Å²) < 4.78 is 33.9. The van der Waals surface area contributed by atoms with Gasteiger partial charge in [-0.3, -0.25) is 9.11 Å². The van der Waals surface area contributed by atoms with Gasteiger partial charge in [0.1, 0.15) is 0 Å². The lowest BCUT2D eigenvalue weighted by Crippen LogP contribution is -2.22. The molecule has 0 unspecified atom stereocenters. The van der Waals surface area contributed by atoms with Gasteiger partial charge in [-0.2, -0.15) is 8.42 Å².